The van der Waals surface area contributed by atoms with Crippen LogP contribution in [0.2, 0.25) is 0 Å². The van der Waals surface area contributed by atoms with Crippen LogP contribution < -0.4 is 18.9 Å². The van der Waals surface area contributed by atoms with Gasteiger partial charge in [-0.15, -0.1) is 10.2 Å². The predicted octanol–water partition coefficient (Wildman–Crippen LogP) is 2.75. The quantitative estimate of drug-likeness (QED) is 0.626. The van der Waals surface area contributed by atoms with Gasteiger partial charge in [0.05, 0.1) is 20.8 Å². The van der Waals surface area contributed by atoms with Crippen molar-refractivity contribution in [2.75, 3.05) is 28.1 Å². The zero-order valence-electron chi connectivity index (χ0n) is 16.2. The summed E-state index contributed by atoms with van der Waals surface area (Å²) in [6.07, 6.45) is 0. The van der Waals surface area contributed by atoms with Gasteiger partial charge in [0.2, 0.25) is 18.6 Å². The van der Waals surface area contributed by atoms with Gasteiger partial charge in [-0.2, -0.15) is 0 Å². The van der Waals surface area contributed by atoms with Gasteiger partial charge in [0.1, 0.15) is 0 Å². The van der Waals surface area contributed by atoms with Gasteiger partial charge in [0.15, 0.2) is 23.0 Å². The van der Waals surface area contributed by atoms with E-state index < -0.39 is 0 Å². The fraction of sp³-hybridized carbons (Fsp3) is 0.250. The fourth-order valence-corrected chi connectivity index (χ4v) is 2.93. The van der Waals surface area contributed by atoms with Gasteiger partial charge in [-0.05, 0) is 36.4 Å². The Balaban J connectivity index is 1.48. The van der Waals surface area contributed by atoms with Gasteiger partial charge in [0, 0.05) is 18.2 Å². The second kappa shape index (κ2) is 7.70. The zero-order valence-corrected chi connectivity index (χ0v) is 16.2. The normalized spacial score (nSPS) is 12.0. The van der Waals surface area contributed by atoms with Crippen molar-refractivity contribution in [2.45, 2.75) is 6.54 Å². The van der Waals surface area contributed by atoms with Crippen LogP contribution in [-0.4, -0.2) is 49.1 Å². The van der Waals surface area contributed by atoms with Crippen molar-refractivity contribution in [3.8, 4) is 34.5 Å². The number of ether oxygens (including phenoxy) is 4. The fourth-order valence-electron chi connectivity index (χ4n) is 2.93. The molecule has 9 heteroatoms. The molecule has 0 bridgehead atoms. The Morgan fingerprint density at radius 1 is 1.03 bits per heavy atom. The molecule has 150 valence electrons. The summed E-state index contributed by atoms with van der Waals surface area (Å²) in [6.45, 7) is 0.317. The molecule has 1 aliphatic rings. The van der Waals surface area contributed by atoms with E-state index in [1.807, 2.05) is 0 Å². The maximum atomic E-state index is 12.7. The summed E-state index contributed by atoms with van der Waals surface area (Å²) in [7, 11) is 4.78. The number of hydrogen-bond acceptors (Lipinski definition) is 8. The van der Waals surface area contributed by atoms with Crippen LogP contribution in [0.15, 0.2) is 40.8 Å². The lowest BCUT2D eigenvalue weighted by atomic mass is 10.2. The van der Waals surface area contributed by atoms with Crippen molar-refractivity contribution in [2.24, 2.45) is 0 Å². The molecule has 0 unspecified atom stereocenters. The molecule has 9 nitrogen and oxygen atoms in total. The zero-order chi connectivity index (χ0) is 20.4. The monoisotopic (exact) mass is 397 g/mol. The van der Waals surface area contributed by atoms with Gasteiger partial charge in [0.25, 0.3) is 5.91 Å². The van der Waals surface area contributed by atoms with Crippen LogP contribution in [0.5, 0.6) is 23.0 Å². The summed E-state index contributed by atoms with van der Waals surface area (Å²) < 4.78 is 26.8. The third-order valence-corrected chi connectivity index (χ3v) is 4.44. The third-order valence-electron chi connectivity index (χ3n) is 4.44. The molecule has 0 spiro atoms. The Kier molecular flexibility index (Phi) is 4.94. The second-order valence-electron chi connectivity index (χ2n) is 6.30. The molecule has 0 saturated heterocycles. The number of carbonyl (C=O) groups excluding carboxylic acids is 1. The lowest BCUT2D eigenvalue weighted by molar-refractivity contribution is 0.0772. The minimum absolute atomic E-state index is 0.156. The highest BCUT2D eigenvalue weighted by Gasteiger charge is 2.20. The summed E-state index contributed by atoms with van der Waals surface area (Å²) in [5, 5.41) is 8.10. The average molecular weight is 397 g/mol. The minimum Gasteiger partial charge on any atom is -0.493 e. The molecule has 4 rings (SSSR count). The molecule has 0 N–H and O–H groups in total. The summed E-state index contributed by atoms with van der Waals surface area (Å²) in [4.78, 5) is 14.2. The largest absolute Gasteiger partial charge is 0.493 e. The van der Waals surface area contributed by atoms with Gasteiger partial charge < -0.3 is 28.3 Å². The maximum Gasteiger partial charge on any atom is 0.254 e. The van der Waals surface area contributed by atoms with Gasteiger partial charge in [-0.1, -0.05) is 0 Å². The third kappa shape index (κ3) is 3.66. The Hall–Kier alpha value is -3.75. The molecule has 1 aromatic heterocycles. The average Bonchev–Trinajstić information content (AvgIpc) is 3.41. The molecule has 1 aliphatic heterocycles. The van der Waals surface area contributed by atoms with E-state index in [4.69, 9.17) is 23.4 Å². The number of benzene rings is 2. The van der Waals surface area contributed by atoms with Crippen molar-refractivity contribution < 1.29 is 28.2 Å². The van der Waals surface area contributed by atoms with Crippen molar-refractivity contribution in [1.29, 1.82) is 0 Å². The molecular formula is C20H19N3O6. The van der Waals surface area contributed by atoms with E-state index in [0.717, 1.165) is 0 Å². The number of hydrogen-bond donors (Lipinski definition) is 0. The summed E-state index contributed by atoms with van der Waals surface area (Å²) in [5.41, 5.74) is 1.17. The number of carbonyl (C=O) groups is 1. The Labute approximate surface area is 166 Å². The Bertz CT molecular complexity index is 1050. The van der Waals surface area contributed by atoms with Crippen LogP contribution in [0, 0.1) is 0 Å². The van der Waals surface area contributed by atoms with E-state index >= 15 is 0 Å². The molecule has 0 aliphatic carbocycles. The molecule has 0 atom stereocenters. The van der Waals surface area contributed by atoms with E-state index in [1.165, 1.54) is 4.90 Å². The van der Waals surface area contributed by atoms with Crippen molar-refractivity contribution in [3.05, 3.63) is 47.9 Å². The summed E-state index contributed by atoms with van der Waals surface area (Å²) in [5.74, 6) is 2.77. The Morgan fingerprint density at radius 3 is 2.62 bits per heavy atom. The van der Waals surface area contributed by atoms with Crippen LogP contribution in [0.3, 0.4) is 0 Å². The molecular weight excluding hydrogens is 378 g/mol. The molecule has 2 aromatic carbocycles. The Morgan fingerprint density at radius 2 is 1.83 bits per heavy atom. The molecule has 0 saturated carbocycles. The number of amides is 1. The first-order chi connectivity index (χ1) is 14.1. The number of rotatable bonds is 6. The van der Waals surface area contributed by atoms with E-state index in [2.05, 4.69) is 10.2 Å². The highest BCUT2D eigenvalue weighted by Crippen LogP contribution is 2.33. The number of aromatic nitrogens is 2. The van der Waals surface area contributed by atoms with Gasteiger partial charge in [-0.3, -0.25) is 4.79 Å². The van der Waals surface area contributed by atoms with Gasteiger partial charge in [-0.25, -0.2) is 0 Å². The molecule has 0 radical (unpaired) electrons. The van der Waals surface area contributed by atoms with Crippen molar-refractivity contribution >= 4 is 5.91 Å². The minimum atomic E-state index is -0.200. The van der Waals surface area contributed by atoms with Crippen LogP contribution in [0.25, 0.3) is 11.5 Å². The number of nitrogens with zero attached hydrogens (tertiary/aromatic N) is 3. The van der Waals surface area contributed by atoms with Crippen LogP contribution in [0.1, 0.15) is 16.2 Å². The highest BCUT2D eigenvalue weighted by atomic mass is 16.7. The topological polar surface area (TPSA) is 96.2 Å². The van der Waals surface area contributed by atoms with Crippen molar-refractivity contribution in [3.63, 3.8) is 0 Å². The van der Waals surface area contributed by atoms with E-state index in [-0.39, 0.29) is 19.2 Å². The van der Waals surface area contributed by atoms with Crippen LogP contribution in [0.4, 0.5) is 0 Å². The number of methoxy groups -OCH3 is 2. The maximum absolute atomic E-state index is 12.7. The van der Waals surface area contributed by atoms with Gasteiger partial charge >= 0.3 is 0 Å². The van der Waals surface area contributed by atoms with E-state index in [1.54, 1.807) is 57.7 Å². The molecule has 29 heavy (non-hydrogen) atoms. The summed E-state index contributed by atoms with van der Waals surface area (Å²) in [6, 6.07) is 10.4. The lowest BCUT2D eigenvalue weighted by Gasteiger charge is -2.15. The predicted molar refractivity (Wildman–Crippen MR) is 101 cm³/mol. The van der Waals surface area contributed by atoms with E-state index in [0.29, 0.717) is 45.9 Å². The highest BCUT2D eigenvalue weighted by molar-refractivity contribution is 5.94. The van der Waals surface area contributed by atoms with Crippen molar-refractivity contribution in [1.82, 2.24) is 15.1 Å². The molecule has 3 aromatic rings. The summed E-state index contributed by atoms with van der Waals surface area (Å²) >= 11 is 0. The molecule has 0 fully saturated rings. The van der Waals surface area contributed by atoms with Crippen LogP contribution in [-0.2, 0) is 6.54 Å². The molecule has 2 heterocycles. The molecule has 1 amide bonds. The smallest absolute Gasteiger partial charge is 0.254 e. The standard InChI is InChI=1S/C20H19N3O6/c1-23(20(24)13-5-7-15-17(9-13)28-11-27-15)10-18-21-22-19(29-18)12-4-6-14(25-2)16(8-12)26-3/h4-9H,10-11H2,1-3H3. The second-order valence-corrected chi connectivity index (χ2v) is 6.30. The first-order valence-electron chi connectivity index (χ1n) is 8.79. The lowest BCUT2D eigenvalue weighted by Crippen LogP contribution is -2.26. The number of fused-ring (bicyclic) bond motifs is 1. The SMILES string of the molecule is COc1ccc(-c2nnc(CN(C)C(=O)c3ccc4c(c3)OCO4)o2)cc1OC. The first-order valence-corrected chi connectivity index (χ1v) is 8.79. The first kappa shape index (κ1) is 18.6. The van der Waals surface area contributed by atoms with E-state index in [9.17, 15) is 4.79 Å². The van der Waals surface area contributed by atoms with Crippen LogP contribution >= 0.6 is 0 Å².